The number of nitrogens with one attached hydrogen (secondary N) is 1. The first-order valence-corrected chi connectivity index (χ1v) is 8.62. The number of fused-ring (bicyclic) bond motifs is 1. The van der Waals surface area contributed by atoms with Gasteiger partial charge in [-0.1, -0.05) is 12.1 Å². The Labute approximate surface area is 146 Å². The van der Waals surface area contributed by atoms with Gasteiger partial charge in [0.25, 0.3) is 0 Å². The minimum absolute atomic E-state index is 0.0648. The average molecular weight is 339 g/mol. The minimum atomic E-state index is -0.0648. The fraction of sp³-hybridized carbons (Fsp3) is 0.389. The van der Waals surface area contributed by atoms with Crippen molar-refractivity contribution >= 4 is 17.6 Å². The third-order valence-electron chi connectivity index (χ3n) is 4.79. The molecule has 4 rings (SSSR count). The van der Waals surface area contributed by atoms with E-state index in [1.54, 1.807) is 4.90 Å². The van der Waals surface area contributed by atoms with Gasteiger partial charge >= 0.3 is 6.03 Å². The quantitative estimate of drug-likeness (QED) is 0.919. The predicted octanol–water partition coefficient (Wildman–Crippen LogP) is 1.39. The van der Waals surface area contributed by atoms with E-state index in [1.165, 1.54) is 0 Å². The first-order valence-electron chi connectivity index (χ1n) is 8.62. The van der Waals surface area contributed by atoms with Crippen LogP contribution in [0.25, 0.3) is 0 Å². The maximum atomic E-state index is 12.7. The fourth-order valence-electron chi connectivity index (χ4n) is 3.40. The molecule has 2 aromatic rings. The van der Waals surface area contributed by atoms with Crippen molar-refractivity contribution in [3.63, 3.8) is 0 Å². The molecule has 0 radical (unpaired) electrons. The molecule has 7 nitrogen and oxygen atoms in total. The number of rotatable bonds is 3. The van der Waals surface area contributed by atoms with E-state index < -0.39 is 0 Å². The van der Waals surface area contributed by atoms with Crippen molar-refractivity contribution in [2.75, 3.05) is 24.5 Å². The van der Waals surface area contributed by atoms with Gasteiger partial charge in [0, 0.05) is 38.1 Å². The van der Waals surface area contributed by atoms with Gasteiger partial charge < -0.3 is 14.8 Å². The zero-order valence-corrected chi connectivity index (χ0v) is 14.0. The standard InChI is InChI=1S/C18H21N5O2/c24-17(21-7-1-8-22-13-19-11-16(22)12-21)10-14-2-4-15(5-3-14)23-9-6-20-18(23)25/h2-5,11,13H,1,6-10,12H2,(H,20,25). The molecule has 2 aliphatic heterocycles. The smallest absolute Gasteiger partial charge is 0.321 e. The van der Waals surface area contributed by atoms with Crippen LogP contribution in [0.2, 0.25) is 0 Å². The van der Waals surface area contributed by atoms with Crippen molar-refractivity contribution in [1.29, 1.82) is 0 Å². The lowest BCUT2D eigenvalue weighted by Crippen LogP contribution is -2.32. The van der Waals surface area contributed by atoms with Crippen LogP contribution in [0, 0.1) is 0 Å². The number of nitrogens with zero attached hydrogens (tertiary/aromatic N) is 4. The van der Waals surface area contributed by atoms with E-state index in [0.29, 0.717) is 26.1 Å². The number of urea groups is 1. The summed E-state index contributed by atoms with van der Waals surface area (Å²) in [6.07, 6.45) is 4.98. The zero-order valence-electron chi connectivity index (χ0n) is 14.0. The molecule has 1 saturated heterocycles. The molecule has 3 amide bonds. The molecule has 25 heavy (non-hydrogen) atoms. The normalized spacial score (nSPS) is 17.2. The number of aromatic nitrogens is 2. The Kier molecular flexibility index (Phi) is 4.13. The third kappa shape index (κ3) is 3.22. The molecule has 0 saturated carbocycles. The monoisotopic (exact) mass is 339 g/mol. The van der Waals surface area contributed by atoms with E-state index in [1.807, 2.05) is 41.7 Å². The summed E-state index contributed by atoms with van der Waals surface area (Å²) in [4.78, 5) is 32.1. The number of imidazole rings is 1. The molecule has 0 spiro atoms. The molecule has 3 heterocycles. The molecule has 1 fully saturated rings. The van der Waals surface area contributed by atoms with Gasteiger partial charge in [0.2, 0.25) is 5.91 Å². The largest absolute Gasteiger partial charge is 0.336 e. The Morgan fingerprint density at radius 1 is 1.16 bits per heavy atom. The van der Waals surface area contributed by atoms with Crippen molar-refractivity contribution in [2.24, 2.45) is 0 Å². The Bertz CT molecular complexity index is 783. The van der Waals surface area contributed by atoms with Crippen LogP contribution in [0.4, 0.5) is 10.5 Å². The Morgan fingerprint density at radius 3 is 2.76 bits per heavy atom. The van der Waals surface area contributed by atoms with Gasteiger partial charge in [0.05, 0.1) is 25.0 Å². The lowest BCUT2D eigenvalue weighted by molar-refractivity contribution is -0.131. The molecule has 1 aromatic heterocycles. The van der Waals surface area contributed by atoms with E-state index in [9.17, 15) is 9.59 Å². The number of aryl methyl sites for hydroxylation is 1. The van der Waals surface area contributed by atoms with Gasteiger partial charge in [-0.2, -0.15) is 0 Å². The summed E-state index contributed by atoms with van der Waals surface area (Å²) in [6, 6.07) is 7.61. The highest BCUT2D eigenvalue weighted by molar-refractivity contribution is 5.94. The van der Waals surface area contributed by atoms with Crippen LogP contribution in [0.5, 0.6) is 0 Å². The van der Waals surface area contributed by atoms with Crippen LogP contribution in [0.15, 0.2) is 36.8 Å². The highest BCUT2D eigenvalue weighted by Gasteiger charge is 2.22. The lowest BCUT2D eigenvalue weighted by Gasteiger charge is -2.20. The molecule has 0 unspecified atom stereocenters. The molecule has 130 valence electrons. The summed E-state index contributed by atoms with van der Waals surface area (Å²) >= 11 is 0. The first-order chi connectivity index (χ1) is 12.2. The molecule has 0 aliphatic carbocycles. The van der Waals surface area contributed by atoms with Crippen LogP contribution in [0.3, 0.4) is 0 Å². The van der Waals surface area contributed by atoms with Gasteiger partial charge in [0.1, 0.15) is 0 Å². The molecule has 1 aromatic carbocycles. The summed E-state index contributed by atoms with van der Waals surface area (Å²) < 4.78 is 2.11. The lowest BCUT2D eigenvalue weighted by atomic mass is 10.1. The molecular formula is C18H21N5O2. The van der Waals surface area contributed by atoms with E-state index in [2.05, 4.69) is 14.9 Å². The van der Waals surface area contributed by atoms with Crippen LogP contribution < -0.4 is 10.2 Å². The first kappa shape index (κ1) is 15.7. The Morgan fingerprint density at radius 2 is 2.00 bits per heavy atom. The number of carbonyl (C=O) groups excluding carboxylic acids is 2. The molecule has 7 heteroatoms. The maximum Gasteiger partial charge on any atom is 0.321 e. The fourth-order valence-corrected chi connectivity index (χ4v) is 3.40. The minimum Gasteiger partial charge on any atom is -0.336 e. The maximum absolute atomic E-state index is 12.7. The van der Waals surface area contributed by atoms with Crippen LogP contribution >= 0.6 is 0 Å². The topological polar surface area (TPSA) is 70.5 Å². The van der Waals surface area contributed by atoms with Gasteiger partial charge in [-0.15, -0.1) is 0 Å². The number of hydrogen-bond donors (Lipinski definition) is 1. The van der Waals surface area contributed by atoms with Crippen molar-refractivity contribution in [3.8, 4) is 0 Å². The highest BCUT2D eigenvalue weighted by Crippen LogP contribution is 2.19. The van der Waals surface area contributed by atoms with Crippen molar-refractivity contribution in [2.45, 2.75) is 25.9 Å². The summed E-state index contributed by atoms with van der Waals surface area (Å²) in [5, 5.41) is 2.79. The number of carbonyl (C=O) groups is 2. The van der Waals surface area contributed by atoms with Crippen molar-refractivity contribution in [1.82, 2.24) is 19.8 Å². The van der Waals surface area contributed by atoms with Gasteiger partial charge in [-0.05, 0) is 24.1 Å². The average Bonchev–Trinajstić information content (AvgIpc) is 3.19. The van der Waals surface area contributed by atoms with Gasteiger partial charge in [0.15, 0.2) is 0 Å². The van der Waals surface area contributed by atoms with Crippen LogP contribution in [-0.2, 0) is 24.3 Å². The van der Waals surface area contributed by atoms with E-state index in [0.717, 1.165) is 36.5 Å². The van der Waals surface area contributed by atoms with Crippen molar-refractivity contribution < 1.29 is 9.59 Å². The number of amides is 3. The second-order valence-electron chi connectivity index (χ2n) is 6.47. The second-order valence-corrected chi connectivity index (χ2v) is 6.47. The summed E-state index contributed by atoms with van der Waals surface area (Å²) in [5.41, 5.74) is 2.91. The third-order valence-corrected chi connectivity index (χ3v) is 4.79. The summed E-state index contributed by atoms with van der Waals surface area (Å²) in [5.74, 6) is 0.126. The van der Waals surface area contributed by atoms with Gasteiger partial charge in [-0.3, -0.25) is 9.69 Å². The molecule has 1 N–H and O–H groups in total. The van der Waals surface area contributed by atoms with Crippen LogP contribution in [0.1, 0.15) is 17.7 Å². The summed E-state index contributed by atoms with van der Waals surface area (Å²) in [7, 11) is 0. The molecule has 0 bridgehead atoms. The molecular weight excluding hydrogens is 318 g/mol. The van der Waals surface area contributed by atoms with E-state index in [4.69, 9.17) is 0 Å². The summed E-state index contributed by atoms with van der Waals surface area (Å²) in [6.45, 7) is 3.65. The Balaban J connectivity index is 1.41. The number of hydrogen-bond acceptors (Lipinski definition) is 3. The Hall–Kier alpha value is -2.83. The van der Waals surface area contributed by atoms with E-state index >= 15 is 0 Å². The predicted molar refractivity (Wildman–Crippen MR) is 93.2 cm³/mol. The second kappa shape index (κ2) is 6.58. The molecule has 0 atom stereocenters. The van der Waals surface area contributed by atoms with Gasteiger partial charge in [-0.25, -0.2) is 9.78 Å². The number of benzene rings is 1. The number of anilines is 1. The SMILES string of the molecule is O=C(Cc1ccc(N2CCNC2=O)cc1)N1CCCn2cncc2C1. The van der Waals surface area contributed by atoms with Crippen molar-refractivity contribution in [3.05, 3.63) is 48.0 Å². The zero-order chi connectivity index (χ0) is 17.2. The van der Waals surface area contributed by atoms with E-state index in [-0.39, 0.29) is 11.9 Å². The highest BCUT2D eigenvalue weighted by atomic mass is 16.2. The van der Waals surface area contributed by atoms with Crippen LogP contribution in [-0.4, -0.2) is 46.0 Å². The molecule has 2 aliphatic rings.